The van der Waals surface area contributed by atoms with Crippen LogP contribution in [-0.4, -0.2) is 51.8 Å². The van der Waals surface area contributed by atoms with Crippen molar-refractivity contribution in [1.29, 1.82) is 0 Å². The average Bonchev–Trinajstić information content (AvgIpc) is 2.45. The van der Waals surface area contributed by atoms with Crippen LogP contribution in [0.25, 0.3) is 0 Å². The largest absolute Gasteiger partial charge is 0.383 e. The van der Waals surface area contributed by atoms with E-state index in [1.165, 1.54) is 24.9 Å². The van der Waals surface area contributed by atoms with Gasteiger partial charge >= 0.3 is 0 Å². The number of nitrogens with zero attached hydrogens (tertiary/aromatic N) is 1. The molecule has 0 aliphatic rings. The number of likely N-dealkylation sites (N-methyl/N-ethyl adjacent to an activating group) is 1. The second-order valence-electron chi connectivity index (χ2n) is 4.99. The van der Waals surface area contributed by atoms with E-state index in [0.717, 1.165) is 32.7 Å². The van der Waals surface area contributed by atoms with Gasteiger partial charge in [-0.3, -0.25) is 0 Å². The summed E-state index contributed by atoms with van der Waals surface area (Å²) < 4.78 is 4.99. The molecule has 0 aliphatic carbocycles. The normalized spacial score (nSPS) is 11.1. The summed E-state index contributed by atoms with van der Waals surface area (Å²) >= 11 is 0. The molecule has 0 aromatic heterocycles. The van der Waals surface area contributed by atoms with Crippen LogP contribution in [0.2, 0.25) is 0 Å². The summed E-state index contributed by atoms with van der Waals surface area (Å²) in [6.07, 6.45) is 3.63. The summed E-state index contributed by atoms with van der Waals surface area (Å²) in [6.45, 7) is 5.17. The van der Waals surface area contributed by atoms with E-state index in [-0.39, 0.29) is 0 Å². The molecule has 0 unspecified atom stereocenters. The molecule has 108 valence electrons. The Hall–Kier alpha value is -0.900. The van der Waals surface area contributed by atoms with Crippen molar-refractivity contribution in [3.05, 3.63) is 35.9 Å². The highest BCUT2D eigenvalue weighted by atomic mass is 16.5. The first-order chi connectivity index (χ1) is 9.33. The van der Waals surface area contributed by atoms with Crippen LogP contribution >= 0.6 is 0 Å². The SMILES string of the molecule is COCCNCCCCN(C)CCc1ccccc1. The Bertz CT molecular complexity index is 303. The third-order valence-electron chi connectivity index (χ3n) is 3.25. The molecule has 3 heteroatoms. The van der Waals surface area contributed by atoms with Gasteiger partial charge in [0.05, 0.1) is 6.61 Å². The molecule has 0 amide bonds. The molecule has 3 nitrogen and oxygen atoms in total. The summed E-state index contributed by atoms with van der Waals surface area (Å²) in [5.74, 6) is 0. The Kier molecular flexibility index (Phi) is 9.33. The van der Waals surface area contributed by atoms with E-state index < -0.39 is 0 Å². The Morgan fingerprint density at radius 3 is 2.58 bits per heavy atom. The fraction of sp³-hybridized carbons (Fsp3) is 0.625. The van der Waals surface area contributed by atoms with Gasteiger partial charge < -0.3 is 15.0 Å². The third-order valence-corrected chi connectivity index (χ3v) is 3.25. The Morgan fingerprint density at radius 1 is 1.05 bits per heavy atom. The van der Waals surface area contributed by atoms with Crippen molar-refractivity contribution in [2.24, 2.45) is 0 Å². The number of unbranched alkanes of at least 4 members (excludes halogenated alkanes) is 1. The van der Waals surface area contributed by atoms with Crippen LogP contribution < -0.4 is 5.32 Å². The minimum Gasteiger partial charge on any atom is -0.383 e. The number of nitrogens with one attached hydrogen (secondary N) is 1. The van der Waals surface area contributed by atoms with E-state index in [1.807, 2.05) is 0 Å². The second kappa shape index (κ2) is 11.0. The zero-order valence-corrected chi connectivity index (χ0v) is 12.4. The van der Waals surface area contributed by atoms with Crippen molar-refractivity contribution in [2.45, 2.75) is 19.3 Å². The topological polar surface area (TPSA) is 24.5 Å². The molecule has 0 saturated heterocycles. The lowest BCUT2D eigenvalue weighted by Crippen LogP contribution is -2.24. The molecule has 0 radical (unpaired) electrons. The molecule has 0 heterocycles. The number of ether oxygens (including phenoxy) is 1. The summed E-state index contributed by atoms with van der Waals surface area (Å²) in [6, 6.07) is 10.7. The quantitative estimate of drug-likeness (QED) is 0.620. The molecule has 1 N–H and O–H groups in total. The minimum atomic E-state index is 0.803. The average molecular weight is 264 g/mol. The maximum Gasteiger partial charge on any atom is 0.0587 e. The van der Waals surface area contributed by atoms with E-state index >= 15 is 0 Å². The molecule has 0 fully saturated rings. The Labute approximate surface area is 118 Å². The Morgan fingerprint density at radius 2 is 1.84 bits per heavy atom. The van der Waals surface area contributed by atoms with Crippen molar-refractivity contribution >= 4 is 0 Å². The standard InChI is InChI=1S/C16H28N2O/c1-18(13-7-6-11-17-12-15-19-2)14-10-16-8-4-3-5-9-16/h3-5,8-9,17H,6-7,10-15H2,1-2H3. The van der Waals surface area contributed by atoms with Gasteiger partial charge in [-0.15, -0.1) is 0 Å². The van der Waals surface area contributed by atoms with Crippen LogP contribution in [0.4, 0.5) is 0 Å². The van der Waals surface area contributed by atoms with Crippen molar-refractivity contribution in [2.75, 3.05) is 46.9 Å². The van der Waals surface area contributed by atoms with Crippen molar-refractivity contribution in [3.63, 3.8) is 0 Å². The summed E-state index contributed by atoms with van der Waals surface area (Å²) in [5, 5.41) is 3.37. The predicted octanol–water partition coefficient (Wildman–Crippen LogP) is 2.18. The summed E-state index contributed by atoms with van der Waals surface area (Å²) in [7, 11) is 3.95. The smallest absolute Gasteiger partial charge is 0.0587 e. The minimum absolute atomic E-state index is 0.803. The molecule has 0 spiro atoms. The highest BCUT2D eigenvalue weighted by Crippen LogP contribution is 2.01. The number of methoxy groups -OCH3 is 1. The van der Waals surface area contributed by atoms with Gasteiger partial charge in [-0.1, -0.05) is 30.3 Å². The third kappa shape index (κ3) is 8.76. The summed E-state index contributed by atoms with van der Waals surface area (Å²) in [4.78, 5) is 2.42. The number of rotatable bonds is 11. The molecule has 1 aromatic carbocycles. The molecule has 0 aliphatic heterocycles. The van der Waals surface area contributed by atoms with Gasteiger partial charge in [-0.2, -0.15) is 0 Å². The fourth-order valence-corrected chi connectivity index (χ4v) is 2.01. The van der Waals surface area contributed by atoms with Crippen LogP contribution in [0.5, 0.6) is 0 Å². The number of hydrogen-bond donors (Lipinski definition) is 1. The molecule has 1 rings (SSSR count). The lowest BCUT2D eigenvalue weighted by atomic mass is 10.1. The van der Waals surface area contributed by atoms with Gasteiger partial charge in [0.1, 0.15) is 0 Å². The van der Waals surface area contributed by atoms with Gasteiger partial charge in [-0.05, 0) is 45.0 Å². The van der Waals surface area contributed by atoms with Crippen LogP contribution in [-0.2, 0) is 11.2 Å². The van der Waals surface area contributed by atoms with E-state index in [9.17, 15) is 0 Å². The Balaban J connectivity index is 1.95. The second-order valence-corrected chi connectivity index (χ2v) is 4.99. The molecule has 0 saturated carbocycles. The van der Waals surface area contributed by atoms with Crippen LogP contribution in [0.1, 0.15) is 18.4 Å². The maximum absolute atomic E-state index is 4.99. The molecule has 0 bridgehead atoms. The van der Waals surface area contributed by atoms with Gasteiger partial charge in [0, 0.05) is 20.2 Å². The predicted molar refractivity (Wildman–Crippen MR) is 81.6 cm³/mol. The summed E-state index contributed by atoms with van der Waals surface area (Å²) in [5.41, 5.74) is 1.43. The fourth-order valence-electron chi connectivity index (χ4n) is 2.01. The van der Waals surface area contributed by atoms with Gasteiger partial charge in [0.25, 0.3) is 0 Å². The van der Waals surface area contributed by atoms with E-state index in [4.69, 9.17) is 4.74 Å². The van der Waals surface area contributed by atoms with E-state index in [2.05, 4.69) is 47.6 Å². The van der Waals surface area contributed by atoms with Crippen LogP contribution in [0.3, 0.4) is 0 Å². The lowest BCUT2D eigenvalue weighted by molar-refractivity contribution is 0.199. The van der Waals surface area contributed by atoms with E-state index in [1.54, 1.807) is 7.11 Å². The highest BCUT2D eigenvalue weighted by molar-refractivity contribution is 5.14. The monoisotopic (exact) mass is 264 g/mol. The van der Waals surface area contributed by atoms with Gasteiger partial charge in [0.15, 0.2) is 0 Å². The molecule has 19 heavy (non-hydrogen) atoms. The zero-order chi connectivity index (χ0) is 13.8. The number of hydrogen-bond acceptors (Lipinski definition) is 3. The maximum atomic E-state index is 4.99. The molecular formula is C16H28N2O. The molecular weight excluding hydrogens is 236 g/mol. The molecule has 1 aromatic rings. The van der Waals surface area contributed by atoms with Gasteiger partial charge in [-0.25, -0.2) is 0 Å². The molecule has 0 atom stereocenters. The van der Waals surface area contributed by atoms with Crippen molar-refractivity contribution < 1.29 is 4.74 Å². The van der Waals surface area contributed by atoms with Crippen LogP contribution in [0.15, 0.2) is 30.3 Å². The van der Waals surface area contributed by atoms with E-state index in [0.29, 0.717) is 0 Å². The van der Waals surface area contributed by atoms with Crippen LogP contribution in [0, 0.1) is 0 Å². The number of benzene rings is 1. The first kappa shape index (κ1) is 16.2. The van der Waals surface area contributed by atoms with Gasteiger partial charge in [0.2, 0.25) is 0 Å². The van der Waals surface area contributed by atoms with Crippen molar-refractivity contribution in [1.82, 2.24) is 10.2 Å². The zero-order valence-electron chi connectivity index (χ0n) is 12.4. The van der Waals surface area contributed by atoms with Crippen molar-refractivity contribution in [3.8, 4) is 0 Å². The lowest BCUT2D eigenvalue weighted by Gasteiger charge is -2.16. The highest BCUT2D eigenvalue weighted by Gasteiger charge is 1.99. The first-order valence-corrected chi connectivity index (χ1v) is 7.25. The first-order valence-electron chi connectivity index (χ1n) is 7.25.